The number of rotatable bonds is 4. The SMILES string of the molecule is CCn1nc(C)c(Cl)c1CC(O)c1ccc(C)c(C)c1. The first kappa shape index (κ1) is 15.1. The van der Waals surface area contributed by atoms with Crippen LogP contribution in [0.3, 0.4) is 0 Å². The van der Waals surface area contributed by atoms with E-state index in [2.05, 4.69) is 18.9 Å². The fourth-order valence-electron chi connectivity index (χ4n) is 2.34. The molecule has 1 aromatic heterocycles. The van der Waals surface area contributed by atoms with Crippen LogP contribution in [0.4, 0.5) is 0 Å². The highest BCUT2D eigenvalue weighted by Crippen LogP contribution is 2.27. The average Bonchev–Trinajstić information content (AvgIpc) is 2.69. The molecule has 1 atom stereocenters. The van der Waals surface area contributed by atoms with Gasteiger partial charge in [-0.25, -0.2) is 0 Å². The molecule has 1 N–H and O–H groups in total. The smallest absolute Gasteiger partial charge is 0.0848 e. The first-order valence-corrected chi connectivity index (χ1v) is 7.28. The van der Waals surface area contributed by atoms with E-state index in [1.54, 1.807) is 0 Å². The fraction of sp³-hybridized carbons (Fsp3) is 0.438. The van der Waals surface area contributed by atoms with Crippen LogP contribution in [0, 0.1) is 20.8 Å². The molecule has 0 spiro atoms. The summed E-state index contributed by atoms with van der Waals surface area (Å²) in [6.45, 7) is 8.79. The van der Waals surface area contributed by atoms with Gasteiger partial charge in [0.05, 0.1) is 22.5 Å². The summed E-state index contributed by atoms with van der Waals surface area (Å²) in [7, 11) is 0. The third-order valence-electron chi connectivity index (χ3n) is 3.76. The number of benzene rings is 1. The van der Waals surface area contributed by atoms with Crippen molar-refractivity contribution < 1.29 is 5.11 Å². The van der Waals surface area contributed by atoms with E-state index in [-0.39, 0.29) is 0 Å². The molecule has 2 aromatic rings. The Morgan fingerprint density at radius 2 is 1.95 bits per heavy atom. The van der Waals surface area contributed by atoms with Crippen molar-refractivity contribution in [1.82, 2.24) is 9.78 Å². The molecule has 1 unspecified atom stereocenters. The average molecular weight is 293 g/mol. The highest BCUT2D eigenvalue weighted by Gasteiger charge is 2.17. The third-order valence-corrected chi connectivity index (χ3v) is 4.25. The number of hydrogen-bond acceptors (Lipinski definition) is 2. The molecule has 0 aliphatic heterocycles. The van der Waals surface area contributed by atoms with E-state index in [4.69, 9.17) is 11.6 Å². The fourth-order valence-corrected chi connectivity index (χ4v) is 2.55. The minimum Gasteiger partial charge on any atom is -0.388 e. The second-order valence-electron chi connectivity index (χ2n) is 5.23. The zero-order valence-corrected chi connectivity index (χ0v) is 13.2. The van der Waals surface area contributed by atoms with Gasteiger partial charge in [0, 0.05) is 13.0 Å². The van der Waals surface area contributed by atoms with E-state index >= 15 is 0 Å². The van der Waals surface area contributed by atoms with Crippen LogP contribution in [-0.2, 0) is 13.0 Å². The molecule has 0 saturated heterocycles. The van der Waals surface area contributed by atoms with Crippen molar-refractivity contribution in [3.05, 3.63) is 51.3 Å². The van der Waals surface area contributed by atoms with E-state index in [1.807, 2.05) is 36.7 Å². The summed E-state index contributed by atoms with van der Waals surface area (Å²) in [6, 6.07) is 6.05. The second-order valence-corrected chi connectivity index (χ2v) is 5.60. The van der Waals surface area contributed by atoms with E-state index < -0.39 is 6.10 Å². The molecular weight excluding hydrogens is 272 g/mol. The Hall–Kier alpha value is -1.32. The normalized spacial score (nSPS) is 12.7. The number of aliphatic hydroxyl groups is 1. The topological polar surface area (TPSA) is 38.0 Å². The Kier molecular flexibility index (Phi) is 4.51. The molecule has 1 heterocycles. The lowest BCUT2D eigenvalue weighted by molar-refractivity contribution is 0.175. The van der Waals surface area contributed by atoms with Gasteiger partial charge in [0.1, 0.15) is 0 Å². The molecule has 20 heavy (non-hydrogen) atoms. The van der Waals surface area contributed by atoms with Gasteiger partial charge in [-0.15, -0.1) is 0 Å². The second kappa shape index (κ2) is 5.98. The maximum Gasteiger partial charge on any atom is 0.0848 e. The summed E-state index contributed by atoms with van der Waals surface area (Å²) < 4.78 is 1.86. The van der Waals surface area contributed by atoms with Crippen molar-refractivity contribution in [3.8, 4) is 0 Å². The van der Waals surface area contributed by atoms with Gasteiger partial charge in [-0.2, -0.15) is 5.10 Å². The van der Waals surface area contributed by atoms with Crippen molar-refractivity contribution in [2.24, 2.45) is 0 Å². The Morgan fingerprint density at radius 3 is 2.55 bits per heavy atom. The van der Waals surface area contributed by atoms with E-state index in [1.165, 1.54) is 11.1 Å². The summed E-state index contributed by atoms with van der Waals surface area (Å²) in [6.07, 6.45) is -0.0797. The largest absolute Gasteiger partial charge is 0.388 e. The summed E-state index contributed by atoms with van der Waals surface area (Å²) in [5.74, 6) is 0. The standard InChI is InChI=1S/C16H21ClN2O/c1-5-19-14(16(17)12(4)18-19)9-15(20)13-7-6-10(2)11(3)8-13/h6-8,15,20H,5,9H2,1-4H3. The quantitative estimate of drug-likeness (QED) is 0.932. The van der Waals surface area contributed by atoms with Crippen molar-refractivity contribution in [2.45, 2.75) is 46.8 Å². The molecule has 0 bridgehead atoms. The lowest BCUT2D eigenvalue weighted by atomic mass is 10.00. The molecule has 1 aromatic carbocycles. The summed E-state index contributed by atoms with van der Waals surface area (Å²) in [5.41, 5.74) is 5.06. The number of aromatic nitrogens is 2. The maximum absolute atomic E-state index is 10.4. The molecular formula is C16H21ClN2O. The highest BCUT2D eigenvalue weighted by atomic mass is 35.5. The predicted molar refractivity (Wildman–Crippen MR) is 82.2 cm³/mol. The first-order chi connectivity index (χ1) is 9.43. The number of aliphatic hydroxyl groups excluding tert-OH is 1. The summed E-state index contributed by atoms with van der Waals surface area (Å²) in [4.78, 5) is 0. The van der Waals surface area contributed by atoms with Crippen molar-refractivity contribution in [1.29, 1.82) is 0 Å². The number of hydrogen-bond donors (Lipinski definition) is 1. The zero-order valence-electron chi connectivity index (χ0n) is 12.4. The number of aryl methyl sites for hydroxylation is 4. The monoisotopic (exact) mass is 292 g/mol. The zero-order chi connectivity index (χ0) is 14.9. The summed E-state index contributed by atoms with van der Waals surface area (Å²) >= 11 is 6.29. The molecule has 108 valence electrons. The lowest BCUT2D eigenvalue weighted by Gasteiger charge is -2.14. The van der Waals surface area contributed by atoms with Crippen molar-refractivity contribution >= 4 is 11.6 Å². The third kappa shape index (κ3) is 2.89. The van der Waals surface area contributed by atoms with E-state index in [0.717, 1.165) is 23.5 Å². The minimum absolute atomic E-state index is 0.482. The Bertz CT molecular complexity index is 619. The van der Waals surface area contributed by atoms with Gasteiger partial charge in [0.15, 0.2) is 0 Å². The van der Waals surface area contributed by atoms with Crippen molar-refractivity contribution in [3.63, 3.8) is 0 Å². The molecule has 4 heteroatoms. The van der Waals surface area contributed by atoms with Gasteiger partial charge in [-0.3, -0.25) is 4.68 Å². The summed E-state index contributed by atoms with van der Waals surface area (Å²) in [5, 5.41) is 15.5. The van der Waals surface area contributed by atoms with Gasteiger partial charge in [0.25, 0.3) is 0 Å². The molecule has 3 nitrogen and oxygen atoms in total. The molecule has 0 amide bonds. The maximum atomic E-state index is 10.4. The number of nitrogens with zero attached hydrogens (tertiary/aromatic N) is 2. The van der Waals surface area contributed by atoms with Crippen LogP contribution in [0.5, 0.6) is 0 Å². The van der Waals surface area contributed by atoms with Crippen LogP contribution < -0.4 is 0 Å². The molecule has 0 saturated carbocycles. The van der Waals surface area contributed by atoms with Crippen LogP contribution in [0.2, 0.25) is 5.02 Å². The van der Waals surface area contributed by atoms with E-state index in [9.17, 15) is 5.11 Å². The molecule has 0 radical (unpaired) electrons. The van der Waals surface area contributed by atoms with Crippen LogP contribution in [0.25, 0.3) is 0 Å². The van der Waals surface area contributed by atoms with Crippen LogP contribution in [-0.4, -0.2) is 14.9 Å². The van der Waals surface area contributed by atoms with E-state index in [0.29, 0.717) is 11.4 Å². The molecule has 2 rings (SSSR count). The minimum atomic E-state index is -0.562. The molecule has 0 aliphatic carbocycles. The molecule has 0 fully saturated rings. The van der Waals surface area contributed by atoms with Gasteiger partial charge in [0.2, 0.25) is 0 Å². The Labute approximate surface area is 125 Å². The number of halogens is 1. The van der Waals surface area contributed by atoms with Crippen LogP contribution >= 0.6 is 11.6 Å². The first-order valence-electron chi connectivity index (χ1n) is 6.91. The Morgan fingerprint density at radius 1 is 1.25 bits per heavy atom. The lowest BCUT2D eigenvalue weighted by Crippen LogP contribution is -2.09. The van der Waals surface area contributed by atoms with Crippen LogP contribution in [0.1, 0.15) is 41.1 Å². The van der Waals surface area contributed by atoms with Gasteiger partial charge >= 0.3 is 0 Å². The van der Waals surface area contributed by atoms with Crippen molar-refractivity contribution in [2.75, 3.05) is 0 Å². The highest BCUT2D eigenvalue weighted by molar-refractivity contribution is 6.31. The van der Waals surface area contributed by atoms with Gasteiger partial charge < -0.3 is 5.11 Å². The van der Waals surface area contributed by atoms with Crippen LogP contribution in [0.15, 0.2) is 18.2 Å². The van der Waals surface area contributed by atoms with Gasteiger partial charge in [-0.05, 0) is 44.4 Å². The van der Waals surface area contributed by atoms with Gasteiger partial charge in [-0.1, -0.05) is 29.8 Å². The molecule has 0 aliphatic rings. The predicted octanol–water partition coefficient (Wildman–Crippen LogP) is 3.76. The Balaban J connectivity index is 2.27.